The van der Waals surface area contributed by atoms with Gasteiger partial charge in [-0.2, -0.15) is 5.26 Å². The van der Waals surface area contributed by atoms with Gasteiger partial charge < -0.3 is 10.1 Å². The minimum Gasteiger partial charge on any atom is -0.395 e. The number of aromatic amines is 1. The van der Waals surface area contributed by atoms with Crippen LogP contribution in [0.2, 0.25) is 0 Å². The Kier molecular flexibility index (Phi) is 2.71. The van der Waals surface area contributed by atoms with Gasteiger partial charge >= 0.3 is 0 Å². The summed E-state index contributed by atoms with van der Waals surface area (Å²) in [6.45, 7) is -0.288. The molecule has 16 heavy (non-hydrogen) atoms. The van der Waals surface area contributed by atoms with Crippen LogP contribution in [-0.4, -0.2) is 16.7 Å². The van der Waals surface area contributed by atoms with Crippen molar-refractivity contribution in [3.8, 4) is 6.07 Å². The lowest BCUT2D eigenvalue weighted by Crippen LogP contribution is -2.10. The number of rotatable bonds is 2. The first-order valence-electron chi connectivity index (χ1n) is 4.88. The number of nitriles is 1. The van der Waals surface area contributed by atoms with Crippen molar-refractivity contribution in [3.63, 3.8) is 0 Å². The molecule has 0 aliphatic heterocycles. The van der Waals surface area contributed by atoms with E-state index < -0.39 is 5.92 Å². The van der Waals surface area contributed by atoms with Crippen molar-refractivity contribution in [2.45, 2.75) is 5.92 Å². The van der Waals surface area contributed by atoms with Crippen LogP contribution in [0.1, 0.15) is 11.5 Å². The first kappa shape index (κ1) is 10.4. The fourth-order valence-corrected chi connectivity index (χ4v) is 1.73. The summed E-state index contributed by atoms with van der Waals surface area (Å²) in [6, 6.07) is 10.6. The molecule has 4 heteroatoms. The van der Waals surface area contributed by atoms with E-state index in [2.05, 4.69) is 4.98 Å². The number of fused-ring (bicyclic) bond motifs is 1. The number of hydrogen-bond donors (Lipinski definition) is 2. The molecule has 0 bridgehead atoms. The van der Waals surface area contributed by atoms with Gasteiger partial charge in [0.05, 0.1) is 18.6 Å². The van der Waals surface area contributed by atoms with E-state index in [0.29, 0.717) is 11.1 Å². The average Bonchev–Trinajstić information content (AvgIpc) is 2.30. The van der Waals surface area contributed by atoms with Crippen LogP contribution in [0.5, 0.6) is 0 Å². The zero-order valence-electron chi connectivity index (χ0n) is 8.47. The zero-order valence-corrected chi connectivity index (χ0v) is 8.47. The maximum absolute atomic E-state index is 11.4. The summed E-state index contributed by atoms with van der Waals surface area (Å²) in [7, 11) is 0. The van der Waals surface area contributed by atoms with E-state index in [-0.39, 0.29) is 12.2 Å². The quantitative estimate of drug-likeness (QED) is 0.786. The van der Waals surface area contributed by atoms with Gasteiger partial charge in [0, 0.05) is 17.0 Å². The largest absolute Gasteiger partial charge is 0.395 e. The molecular weight excluding hydrogens is 204 g/mol. The maximum Gasteiger partial charge on any atom is 0.248 e. The average molecular weight is 214 g/mol. The third-order valence-electron chi connectivity index (χ3n) is 2.50. The zero-order chi connectivity index (χ0) is 11.5. The van der Waals surface area contributed by atoms with Gasteiger partial charge in [-0.05, 0) is 11.6 Å². The minimum atomic E-state index is -0.660. The Balaban J connectivity index is 2.78. The van der Waals surface area contributed by atoms with Crippen LogP contribution in [0.25, 0.3) is 10.9 Å². The Morgan fingerprint density at radius 2 is 2.19 bits per heavy atom. The Labute approximate surface area is 91.8 Å². The molecule has 4 nitrogen and oxygen atoms in total. The lowest BCUT2D eigenvalue weighted by atomic mass is 9.98. The predicted octanol–water partition coefficient (Wildman–Crippen LogP) is 1.13. The standard InChI is InChI=1S/C12H10N2O2/c13-6-8(7-15)10-5-12(16)14-11-4-2-1-3-9(10)11/h1-5,8,15H,7H2,(H,14,16). The Hall–Kier alpha value is -2.12. The molecule has 80 valence electrons. The van der Waals surface area contributed by atoms with Crippen molar-refractivity contribution in [2.75, 3.05) is 6.61 Å². The molecule has 0 radical (unpaired) electrons. The maximum atomic E-state index is 11.4. The highest BCUT2D eigenvalue weighted by Crippen LogP contribution is 2.21. The number of aromatic nitrogens is 1. The van der Waals surface area contributed by atoms with Crippen LogP contribution in [0, 0.1) is 11.3 Å². The SMILES string of the molecule is N#CC(CO)c1cc(=O)[nH]c2ccccc12. The van der Waals surface area contributed by atoms with Crippen LogP contribution >= 0.6 is 0 Å². The molecule has 1 aromatic carbocycles. The van der Waals surface area contributed by atoms with Gasteiger partial charge in [0.2, 0.25) is 5.56 Å². The van der Waals surface area contributed by atoms with Crippen molar-refractivity contribution >= 4 is 10.9 Å². The molecule has 1 atom stereocenters. The predicted molar refractivity (Wildman–Crippen MR) is 60.0 cm³/mol. The molecule has 1 unspecified atom stereocenters. The molecule has 2 rings (SSSR count). The van der Waals surface area contributed by atoms with E-state index in [4.69, 9.17) is 10.4 Å². The van der Waals surface area contributed by atoms with Gasteiger partial charge in [-0.1, -0.05) is 18.2 Å². The van der Waals surface area contributed by atoms with Crippen LogP contribution in [-0.2, 0) is 0 Å². The molecule has 2 aromatic rings. The molecule has 1 aromatic heterocycles. The monoisotopic (exact) mass is 214 g/mol. The van der Waals surface area contributed by atoms with Crippen LogP contribution < -0.4 is 5.56 Å². The van der Waals surface area contributed by atoms with E-state index in [9.17, 15) is 4.79 Å². The van der Waals surface area contributed by atoms with Gasteiger partial charge in [0.25, 0.3) is 0 Å². The molecule has 1 heterocycles. The Morgan fingerprint density at radius 3 is 2.88 bits per heavy atom. The highest BCUT2D eigenvalue weighted by Gasteiger charge is 2.13. The highest BCUT2D eigenvalue weighted by molar-refractivity contribution is 5.82. The number of pyridine rings is 1. The molecule has 0 aliphatic rings. The molecule has 2 N–H and O–H groups in total. The lowest BCUT2D eigenvalue weighted by Gasteiger charge is -2.08. The fraction of sp³-hybridized carbons (Fsp3) is 0.167. The summed E-state index contributed by atoms with van der Waals surface area (Å²) in [6.07, 6.45) is 0. The van der Waals surface area contributed by atoms with E-state index in [1.54, 1.807) is 6.07 Å². The number of nitrogens with zero attached hydrogens (tertiary/aromatic N) is 1. The first-order chi connectivity index (χ1) is 7.76. The molecule has 0 spiro atoms. The van der Waals surface area contributed by atoms with Crippen LogP contribution in [0.4, 0.5) is 0 Å². The summed E-state index contributed by atoms with van der Waals surface area (Å²) in [5.74, 6) is -0.660. The summed E-state index contributed by atoms with van der Waals surface area (Å²) >= 11 is 0. The molecular formula is C12H10N2O2. The van der Waals surface area contributed by atoms with E-state index in [1.165, 1.54) is 6.07 Å². The normalized spacial score (nSPS) is 12.2. The highest BCUT2D eigenvalue weighted by atomic mass is 16.3. The fourth-order valence-electron chi connectivity index (χ4n) is 1.73. The van der Waals surface area contributed by atoms with E-state index in [1.807, 2.05) is 24.3 Å². The Morgan fingerprint density at radius 1 is 1.44 bits per heavy atom. The number of aliphatic hydroxyl groups is 1. The summed E-state index contributed by atoms with van der Waals surface area (Å²) in [5.41, 5.74) is 0.991. The van der Waals surface area contributed by atoms with Crippen LogP contribution in [0.3, 0.4) is 0 Å². The minimum absolute atomic E-state index is 0.262. The third-order valence-corrected chi connectivity index (χ3v) is 2.50. The Bertz CT molecular complexity index is 610. The summed E-state index contributed by atoms with van der Waals surface area (Å²) < 4.78 is 0. The second-order valence-electron chi connectivity index (χ2n) is 3.50. The smallest absolute Gasteiger partial charge is 0.248 e. The summed E-state index contributed by atoms with van der Waals surface area (Å²) in [5, 5.41) is 18.8. The molecule has 0 aliphatic carbocycles. The molecule has 0 amide bonds. The number of benzene rings is 1. The van der Waals surface area contributed by atoms with E-state index in [0.717, 1.165) is 5.39 Å². The molecule has 0 saturated heterocycles. The molecule has 0 saturated carbocycles. The van der Waals surface area contributed by atoms with Gasteiger partial charge in [-0.3, -0.25) is 4.79 Å². The van der Waals surface area contributed by atoms with Crippen LogP contribution in [0.15, 0.2) is 35.1 Å². The molecule has 0 fully saturated rings. The van der Waals surface area contributed by atoms with E-state index >= 15 is 0 Å². The first-order valence-corrected chi connectivity index (χ1v) is 4.88. The lowest BCUT2D eigenvalue weighted by molar-refractivity contribution is 0.286. The number of nitrogens with one attached hydrogen (secondary N) is 1. The van der Waals surface area contributed by atoms with Gasteiger partial charge in [-0.15, -0.1) is 0 Å². The van der Waals surface area contributed by atoms with Crippen molar-refractivity contribution < 1.29 is 5.11 Å². The van der Waals surface area contributed by atoms with Gasteiger partial charge in [-0.25, -0.2) is 0 Å². The van der Waals surface area contributed by atoms with Gasteiger partial charge in [0.15, 0.2) is 0 Å². The van der Waals surface area contributed by atoms with Crippen molar-refractivity contribution in [3.05, 3.63) is 46.2 Å². The number of para-hydroxylation sites is 1. The van der Waals surface area contributed by atoms with Crippen molar-refractivity contribution in [2.24, 2.45) is 0 Å². The van der Waals surface area contributed by atoms with Gasteiger partial charge in [0.1, 0.15) is 0 Å². The topological polar surface area (TPSA) is 76.9 Å². The second kappa shape index (κ2) is 4.17. The second-order valence-corrected chi connectivity index (χ2v) is 3.50. The number of aliphatic hydroxyl groups excluding tert-OH is 1. The van der Waals surface area contributed by atoms with Crippen molar-refractivity contribution in [1.29, 1.82) is 5.26 Å². The summed E-state index contributed by atoms with van der Waals surface area (Å²) in [4.78, 5) is 14.1. The number of hydrogen-bond acceptors (Lipinski definition) is 3. The third kappa shape index (κ3) is 1.69. The number of H-pyrrole nitrogens is 1. The van der Waals surface area contributed by atoms with Crippen molar-refractivity contribution in [1.82, 2.24) is 4.98 Å².